The molecule has 0 N–H and O–H groups in total. The third-order valence-corrected chi connectivity index (χ3v) is 3.94. The number of nitrogens with zero attached hydrogens (tertiary/aromatic N) is 1. The third kappa shape index (κ3) is 4.62. The van der Waals surface area contributed by atoms with Crippen LogP contribution in [0, 0.1) is 6.92 Å². The molecule has 3 nitrogen and oxygen atoms in total. The summed E-state index contributed by atoms with van der Waals surface area (Å²) in [5.41, 5.74) is 0. The molecule has 79 valence electrons. The average molecular weight is 206 g/mol. The van der Waals surface area contributed by atoms with E-state index >= 15 is 0 Å². The minimum absolute atomic E-state index is 0.242. The molecule has 0 aromatic rings. The first-order valence-electron chi connectivity index (χ1n) is 4.85. The molecule has 4 heteroatoms. The maximum absolute atomic E-state index is 11.6. The lowest BCUT2D eigenvalue weighted by Gasteiger charge is -2.19. The fraction of sp³-hybridized carbons (Fsp3) is 0.889. The molecule has 0 aliphatic rings. The molecule has 0 atom stereocenters. The van der Waals surface area contributed by atoms with Gasteiger partial charge in [-0.1, -0.05) is 20.3 Å². The van der Waals surface area contributed by atoms with Crippen LogP contribution in [0.15, 0.2) is 0 Å². The molecule has 0 saturated heterocycles. The third-order valence-electron chi connectivity index (χ3n) is 1.87. The van der Waals surface area contributed by atoms with Gasteiger partial charge in [0.25, 0.3) is 0 Å². The topological polar surface area (TPSA) is 37.4 Å². The van der Waals surface area contributed by atoms with Gasteiger partial charge in [-0.15, -0.1) is 0 Å². The van der Waals surface area contributed by atoms with Crippen molar-refractivity contribution in [2.24, 2.45) is 0 Å². The van der Waals surface area contributed by atoms with Crippen molar-refractivity contribution in [3.63, 3.8) is 0 Å². The van der Waals surface area contributed by atoms with Crippen LogP contribution in [0.3, 0.4) is 0 Å². The van der Waals surface area contributed by atoms with Gasteiger partial charge >= 0.3 is 0 Å². The maximum Gasteiger partial charge on any atom is 0.214 e. The predicted molar refractivity (Wildman–Crippen MR) is 55.9 cm³/mol. The normalized spacial score (nSPS) is 12.3. The second-order valence-electron chi connectivity index (χ2n) is 3.07. The van der Waals surface area contributed by atoms with Gasteiger partial charge in [-0.3, -0.25) is 0 Å². The SMILES string of the molecule is [CH2]CN(CCCC)S(=O)(=O)CCC. The van der Waals surface area contributed by atoms with Gasteiger partial charge < -0.3 is 0 Å². The maximum atomic E-state index is 11.6. The van der Waals surface area contributed by atoms with Crippen molar-refractivity contribution in [1.82, 2.24) is 4.31 Å². The molecule has 0 aromatic heterocycles. The van der Waals surface area contributed by atoms with Crippen molar-refractivity contribution in [1.29, 1.82) is 0 Å². The summed E-state index contributed by atoms with van der Waals surface area (Å²) in [5, 5.41) is 0. The summed E-state index contributed by atoms with van der Waals surface area (Å²) in [6, 6.07) is 0. The highest BCUT2D eigenvalue weighted by Crippen LogP contribution is 2.04. The zero-order chi connectivity index (χ0) is 10.3. The van der Waals surface area contributed by atoms with E-state index in [2.05, 4.69) is 6.92 Å². The smallest absolute Gasteiger partial charge is 0.212 e. The van der Waals surface area contributed by atoms with Gasteiger partial charge in [-0.05, 0) is 19.8 Å². The lowest BCUT2D eigenvalue weighted by molar-refractivity contribution is 0.431. The summed E-state index contributed by atoms with van der Waals surface area (Å²) in [6.07, 6.45) is 2.60. The van der Waals surface area contributed by atoms with Crippen LogP contribution in [0.2, 0.25) is 0 Å². The highest BCUT2D eigenvalue weighted by atomic mass is 32.2. The number of rotatable bonds is 7. The molecule has 0 aliphatic heterocycles. The van der Waals surface area contributed by atoms with E-state index in [9.17, 15) is 8.42 Å². The van der Waals surface area contributed by atoms with Crippen molar-refractivity contribution < 1.29 is 8.42 Å². The van der Waals surface area contributed by atoms with Gasteiger partial charge in [0.1, 0.15) is 0 Å². The molecule has 0 heterocycles. The Bertz CT molecular complexity index is 212. The first-order valence-corrected chi connectivity index (χ1v) is 6.46. The number of hydrogen-bond donors (Lipinski definition) is 0. The Morgan fingerprint density at radius 3 is 2.23 bits per heavy atom. The van der Waals surface area contributed by atoms with Crippen LogP contribution in [0.25, 0.3) is 0 Å². The minimum atomic E-state index is -3.02. The summed E-state index contributed by atoms with van der Waals surface area (Å²) in [6.45, 7) is 8.52. The fourth-order valence-electron chi connectivity index (χ4n) is 1.11. The van der Waals surface area contributed by atoms with Crippen molar-refractivity contribution >= 4 is 10.0 Å². The molecule has 13 heavy (non-hydrogen) atoms. The zero-order valence-corrected chi connectivity index (χ0v) is 9.44. The van der Waals surface area contributed by atoms with Crippen molar-refractivity contribution in [3.05, 3.63) is 6.92 Å². The predicted octanol–water partition coefficient (Wildman–Crippen LogP) is 1.66. The van der Waals surface area contributed by atoms with Gasteiger partial charge in [0, 0.05) is 13.1 Å². The van der Waals surface area contributed by atoms with E-state index in [0.29, 0.717) is 19.5 Å². The zero-order valence-electron chi connectivity index (χ0n) is 8.62. The molecule has 0 bridgehead atoms. The molecule has 0 fully saturated rings. The summed E-state index contributed by atoms with van der Waals surface area (Å²) in [7, 11) is -3.02. The summed E-state index contributed by atoms with van der Waals surface area (Å²) >= 11 is 0. The van der Waals surface area contributed by atoms with Crippen LogP contribution < -0.4 is 0 Å². The van der Waals surface area contributed by atoms with E-state index in [0.717, 1.165) is 12.8 Å². The number of hydrogen-bond acceptors (Lipinski definition) is 2. The quantitative estimate of drug-likeness (QED) is 0.635. The molecule has 0 saturated carbocycles. The lowest BCUT2D eigenvalue weighted by Crippen LogP contribution is -2.33. The van der Waals surface area contributed by atoms with Crippen molar-refractivity contribution in [3.8, 4) is 0 Å². The Labute approximate surface area is 82.2 Å². The van der Waals surface area contributed by atoms with Gasteiger partial charge in [-0.2, -0.15) is 0 Å². The average Bonchev–Trinajstić information content (AvgIpc) is 2.05. The minimum Gasteiger partial charge on any atom is -0.212 e. The standard InChI is InChI=1S/C9H20NO2S/c1-4-7-8-10(6-3)13(11,12)9-5-2/h3-9H2,1-2H3. The van der Waals surface area contributed by atoms with Gasteiger partial charge in [0.05, 0.1) is 5.75 Å². The molecule has 0 unspecified atom stereocenters. The van der Waals surface area contributed by atoms with Crippen LogP contribution in [-0.4, -0.2) is 31.6 Å². The Hall–Kier alpha value is -0.0900. The highest BCUT2D eigenvalue weighted by molar-refractivity contribution is 7.89. The fourth-order valence-corrected chi connectivity index (χ4v) is 2.57. The molecule has 0 aliphatic carbocycles. The lowest BCUT2D eigenvalue weighted by atomic mass is 10.3. The van der Waals surface area contributed by atoms with Crippen LogP contribution >= 0.6 is 0 Å². The van der Waals surface area contributed by atoms with Crippen molar-refractivity contribution in [2.75, 3.05) is 18.8 Å². The molecule has 1 radical (unpaired) electrons. The Morgan fingerprint density at radius 2 is 1.85 bits per heavy atom. The molecular formula is C9H20NO2S. The first-order chi connectivity index (χ1) is 6.08. The molecule has 0 aromatic carbocycles. The van der Waals surface area contributed by atoms with Gasteiger partial charge in [0.2, 0.25) is 10.0 Å². The van der Waals surface area contributed by atoms with Crippen LogP contribution in [0.1, 0.15) is 33.1 Å². The van der Waals surface area contributed by atoms with E-state index in [1.165, 1.54) is 4.31 Å². The first kappa shape index (κ1) is 12.9. The highest BCUT2D eigenvalue weighted by Gasteiger charge is 2.17. The molecule has 0 amide bonds. The number of unbranched alkanes of at least 4 members (excludes halogenated alkanes) is 1. The van der Waals surface area contributed by atoms with E-state index in [-0.39, 0.29) is 5.75 Å². The van der Waals surface area contributed by atoms with Crippen LogP contribution in [0.5, 0.6) is 0 Å². The Morgan fingerprint density at radius 1 is 1.23 bits per heavy atom. The summed E-state index contributed by atoms with van der Waals surface area (Å²) in [4.78, 5) is 0. The van der Waals surface area contributed by atoms with Crippen LogP contribution in [0.4, 0.5) is 0 Å². The van der Waals surface area contributed by atoms with Crippen LogP contribution in [-0.2, 0) is 10.0 Å². The van der Waals surface area contributed by atoms with E-state index in [4.69, 9.17) is 0 Å². The monoisotopic (exact) mass is 206 g/mol. The van der Waals surface area contributed by atoms with E-state index in [1.54, 1.807) is 0 Å². The van der Waals surface area contributed by atoms with Gasteiger partial charge in [0.15, 0.2) is 0 Å². The molecule has 0 spiro atoms. The Balaban J connectivity index is 4.20. The molecule has 0 rings (SSSR count). The van der Waals surface area contributed by atoms with E-state index < -0.39 is 10.0 Å². The summed E-state index contributed by atoms with van der Waals surface area (Å²) < 4.78 is 24.6. The van der Waals surface area contributed by atoms with E-state index in [1.807, 2.05) is 13.8 Å². The van der Waals surface area contributed by atoms with Crippen molar-refractivity contribution in [2.45, 2.75) is 33.1 Å². The second-order valence-corrected chi connectivity index (χ2v) is 5.16. The largest absolute Gasteiger partial charge is 0.214 e. The Kier molecular flexibility index (Phi) is 6.33. The molecular weight excluding hydrogens is 186 g/mol. The second kappa shape index (κ2) is 6.38. The summed E-state index contributed by atoms with van der Waals surface area (Å²) in [5.74, 6) is 0.242. The number of sulfonamides is 1. The van der Waals surface area contributed by atoms with Gasteiger partial charge in [-0.25, -0.2) is 12.7 Å².